The summed E-state index contributed by atoms with van der Waals surface area (Å²) in [6.07, 6.45) is 1.57. The summed E-state index contributed by atoms with van der Waals surface area (Å²) < 4.78 is 28.8. The number of carbonyl (C=O) groups is 1. The first-order chi connectivity index (χ1) is 14.9. The number of carboxylic acid groups (broad SMARTS) is 1. The Hall–Kier alpha value is -3.55. The molecule has 0 aliphatic rings. The van der Waals surface area contributed by atoms with E-state index in [0.717, 1.165) is 10.9 Å². The number of aromatic carboxylic acids is 1. The molecule has 1 N–H and O–H groups in total. The lowest BCUT2D eigenvalue weighted by Crippen LogP contribution is -2.30. The maximum absolute atomic E-state index is 13.7. The van der Waals surface area contributed by atoms with Crippen molar-refractivity contribution in [1.29, 1.82) is 0 Å². The van der Waals surface area contributed by atoms with Gasteiger partial charge in [0, 0.05) is 24.7 Å². The number of benzene rings is 3. The van der Waals surface area contributed by atoms with Crippen LogP contribution in [0, 0.1) is 0 Å². The molecule has 1 heterocycles. The maximum atomic E-state index is 13.7. The van der Waals surface area contributed by atoms with Crippen molar-refractivity contribution in [3.8, 4) is 0 Å². The van der Waals surface area contributed by atoms with Gasteiger partial charge in [-0.05, 0) is 35.4 Å². The summed E-state index contributed by atoms with van der Waals surface area (Å²) in [6.45, 7) is 0.172. The number of aromatic nitrogens is 1. The Morgan fingerprint density at radius 1 is 0.839 bits per heavy atom. The van der Waals surface area contributed by atoms with E-state index in [0.29, 0.717) is 11.1 Å². The highest BCUT2D eigenvalue weighted by Crippen LogP contribution is 2.27. The number of pyridine rings is 1. The summed E-state index contributed by atoms with van der Waals surface area (Å²) in [5, 5.41) is 10.0. The van der Waals surface area contributed by atoms with Crippen LogP contribution < -0.4 is 0 Å². The SMILES string of the molecule is O=C(O)c1cccc(CN(Cc2ccccc2)S(=O)(=O)c2cccc3cccnc23)c1. The van der Waals surface area contributed by atoms with E-state index in [1.807, 2.05) is 42.5 Å². The highest BCUT2D eigenvalue weighted by Gasteiger charge is 2.27. The van der Waals surface area contributed by atoms with Gasteiger partial charge in [-0.3, -0.25) is 4.98 Å². The fourth-order valence-corrected chi connectivity index (χ4v) is 5.02. The zero-order chi connectivity index (χ0) is 21.8. The molecule has 0 atom stereocenters. The lowest BCUT2D eigenvalue weighted by Gasteiger charge is -2.23. The lowest BCUT2D eigenvalue weighted by atomic mass is 10.1. The molecule has 4 rings (SSSR count). The minimum Gasteiger partial charge on any atom is -0.478 e. The maximum Gasteiger partial charge on any atom is 0.335 e. The van der Waals surface area contributed by atoms with Crippen LogP contribution in [0.15, 0.2) is 96.0 Å². The number of hydrogen-bond donors (Lipinski definition) is 1. The molecule has 4 aromatic rings. The Morgan fingerprint density at radius 3 is 2.29 bits per heavy atom. The van der Waals surface area contributed by atoms with Crippen LogP contribution in [-0.2, 0) is 23.1 Å². The van der Waals surface area contributed by atoms with Gasteiger partial charge in [0.15, 0.2) is 0 Å². The van der Waals surface area contributed by atoms with Crippen molar-refractivity contribution >= 4 is 26.9 Å². The van der Waals surface area contributed by atoms with Crippen molar-refractivity contribution in [3.63, 3.8) is 0 Å². The normalized spacial score (nSPS) is 11.6. The summed E-state index contributed by atoms with van der Waals surface area (Å²) in [5.41, 5.74) is 1.94. The number of fused-ring (bicyclic) bond motifs is 1. The first-order valence-corrected chi connectivity index (χ1v) is 11.1. The van der Waals surface area contributed by atoms with E-state index in [9.17, 15) is 18.3 Å². The highest BCUT2D eigenvalue weighted by molar-refractivity contribution is 7.89. The third-order valence-corrected chi connectivity index (χ3v) is 6.77. The van der Waals surface area contributed by atoms with Gasteiger partial charge in [0.2, 0.25) is 10.0 Å². The van der Waals surface area contributed by atoms with Gasteiger partial charge in [-0.25, -0.2) is 13.2 Å². The topological polar surface area (TPSA) is 87.6 Å². The van der Waals surface area contributed by atoms with Crippen molar-refractivity contribution in [2.45, 2.75) is 18.0 Å². The van der Waals surface area contributed by atoms with Crippen LogP contribution in [0.5, 0.6) is 0 Å². The highest BCUT2D eigenvalue weighted by atomic mass is 32.2. The molecule has 0 amide bonds. The van der Waals surface area contributed by atoms with Crippen LogP contribution >= 0.6 is 0 Å². The number of para-hydroxylation sites is 1. The zero-order valence-electron chi connectivity index (χ0n) is 16.5. The van der Waals surface area contributed by atoms with Crippen LogP contribution in [0.25, 0.3) is 10.9 Å². The van der Waals surface area contributed by atoms with E-state index < -0.39 is 16.0 Å². The molecule has 156 valence electrons. The monoisotopic (exact) mass is 432 g/mol. The molecule has 0 saturated carbocycles. The molecule has 0 aliphatic carbocycles. The predicted molar refractivity (Wildman–Crippen MR) is 118 cm³/mol. The van der Waals surface area contributed by atoms with E-state index >= 15 is 0 Å². The summed E-state index contributed by atoms with van der Waals surface area (Å²) >= 11 is 0. The number of hydrogen-bond acceptors (Lipinski definition) is 4. The average molecular weight is 433 g/mol. The fraction of sp³-hybridized carbons (Fsp3) is 0.0833. The number of rotatable bonds is 7. The Labute approximate surface area is 180 Å². The quantitative estimate of drug-likeness (QED) is 0.470. The number of carboxylic acids is 1. The molecule has 0 saturated heterocycles. The minimum absolute atomic E-state index is 0.0293. The Kier molecular flexibility index (Phi) is 5.79. The molecule has 0 fully saturated rings. The average Bonchev–Trinajstić information content (AvgIpc) is 2.79. The van der Waals surface area contributed by atoms with Gasteiger partial charge >= 0.3 is 5.97 Å². The summed E-state index contributed by atoms with van der Waals surface area (Å²) in [4.78, 5) is 15.8. The van der Waals surface area contributed by atoms with Gasteiger partial charge < -0.3 is 5.11 Å². The Bertz CT molecular complexity index is 1330. The molecule has 31 heavy (non-hydrogen) atoms. The zero-order valence-corrected chi connectivity index (χ0v) is 17.4. The van der Waals surface area contributed by atoms with E-state index in [2.05, 4.69) is 4.98 Å². The molecule has 0 aliphatic heterocycles. The van der Waals surface area contributed by atoms with Crippen LogP contribution in [-0.4, -0.2) is 28.8 Å². The summed E-state index contributed by atoms with van der Waals surface area (Å²) in [7, 11) is -3.93. The van der Waals surface area contributed by atoms with Crippen LogP contribution in [0.1, 0.15) is 21.5 Å². The molecule has 0 bridgehead atoms. The Balaban J connectivity index is 1.79. The second-order valence-corrected chi connectivity index (χ2v) is 9.00. The molecular formula is C24H20N2O4S. The van der Waals surface area contributed by atoms with Crippen LogP contribution in [0.4, 0.5) is 0 Å². The van der Waals surface area contributed by atoms with Crippen molar-refractivity contribution in [3.05, 3.63) is 108 Å². The second-order valence-electron chi connectivity index (χ2n) is 7.10. The van der Waals surface area contributed by atoms with Crippen molar-refractivity contribution in [2.24, 2.45) is 0 Å². The van der Waals surface area contributed by atoms with Crippen molar-refractivity contribution in [1.82, 2.24) is 9.29 Å². The second kappa shape index (κ2) is 8.67. The first kappa shape index (κ1) is 20.7. The van der Waals surface area contributed by atoms with Gasteiger partial charge in [0.05, 0.1) is 11.1 Å². The number of nitrogens with zero attached hydrogens (tertiary/aromatic N) is 2. The molecule has 6 nitrogen and oxygen atoms in total. The van der Waals surface area contributed by atoms with Crippen molar-refractivity contribution < 1.29 is 18.3 Å². The van der Waals surface area contributed by atoms with Crippen LogP contribution in [0.3, 0.4) is 0 Å². The minimum atomic E-state index is -3.93. The summed E-state index contributed by atoms with van der Waals surface area (Å²) in [5.74, 6) is -1.06. The third kappa shape index (κ3) is 4.47. The third-order valence-electron chi connectivity index (χ3n) is 4.95. The molecule has 0 unspecified atom stereocenters. The molecule has 1 aromatic heterocycles. The largest absolute Gasteiger partial charge is 0.478 e. The molecule has 0 radical (unpaired) electrons. The smallest absolute Gasteiger partial charge is 0.335 e. The molecular weight excluding hydrogens is 412 g/mol. The fourth-order valence-electron chi connectivity index (χ4n) is 3.44. The van der Waals surface area contributed by atoms with Crippen LogP contribution in [0.2, 0.25) is 0 Å². The molecule has 7 heteroatoms. The van der Waals surface area contributed by atoms with E-state index in [1.54, 1.807) is 36.5 Å². The van der Waals surface area contributed by atoms with E-state index in [-0.39, 0.29) is 23.5 Å². The number of sulfonamides is 1. The molecule has 0 spiro atoms. The van der Waals surface area contributed by atoms with Gasteiger partial charge in [-0.15, -0.1) is 0 Å². The standard InChI is InChI=1S/C24H20N2O4S/c27-24(28)21-11-4-9-19(15-21)17-26(16-18-7-2-1-3-8-18)31(29,30)22-13-5-10-20-12-6-14-25-23(20)22/h1-15H,16-17H2,(H,27,28). The van der Waals surface area contributed by atoms with Gasteiger partial charge in [-0.2, -0.15) is 4.31 Å². The Morgan fingerprint density at radius 2 is 1.52 bits per heavy atom. The van der Waals surface area contributed by atoms with E-state index in [4.69, 9.17) is 0 Å². The van der Waals surface area contributed by atoms with Crippen molar-refractivity contribution in [2.75, 3.05) is 0 Å². The van der Waals surface area contributed by atoms with E-state index in [1.165, 1.54) is 16.4 Å². The van der Waals surface area contributed by atoms with Gasteiger partial charge in [-0.1, -0.05) is 60.7 Å². The predicted octanol–water partition coefficient (Wildman–Crippen LogP) is 4.32. The van der Waals surface area contributed by atoms with Gasteiger partial charge in [0.25, 0.3) is 0 Å². The molecule has 3 aromatic carbocycles. The van der Waals surface area contributed by atoms with Gasteiger partial charge in [0.1, 0.15) is 4.90 Å². The summed E-state index contributed by atoms with van der Waals surface area (Å²) in [6, 6.07) is 24.3. The lowest BCUT2D eigenvalue weighted by molar-refractivity contribution is 0.0696. The first-order valence-electron chi connectivity index (χ1n) is 9.65.